The Hall–Kier alpha value is -3.25. The van der Waals surface area contributed by atoms with Gasteiger partial charge in [0.25, 0.3) is 5.91 Å². The minimum absolute atomic E-state index is 0.198. The molecule has 2 heterocycles. The van der Waals surface area contributed by atoms with E-state index < -0.39 is 6.03 Å². The highest BCUT2D eigenvalue weighted by Gasteiger charge is 2.27. The van der Waals surface area contributed by atoms with Crippen LogP contribution in [0.15, 0.2) is 65.3 Å². The fraction of sp³-hybridized carbons (Fsp3) is 0.100. The van der Waals surface area contributed by atoms with Crippen LogP contribution in [-0.2, 0) is 6.42 Å². The molecule has 6 nitrogen and oxygen atoms in total. The summed E-state index contributed by atoms with van der Waals surface area (Å²) in [5.74, 6) is 0.0918. The Labute approximate surface area is 160 Å². The molecular formula is C20H16ClN3O3. The van der Waals surface area contributed by atoms with E-state index in [1.807, 2.05) is 12.1 Å². The van der Waals surface area contributed by atoms with Crippen LogP contribution in [0.4, 0.5) is 21.9 Å². The van der Waals surface area contributed by atoms with Crippen LogP contribution in [0.1, 0.15) is 16.1 Å². The number of amides is 3. The molecule has 0 bridgehead atoms. The number of hydrogen-bond acceptors (Lipinski definition) is 3. The molecule has 4 rings (SSSR count). The molecule has 7 heteroatoms. The van der Waals surface area contributed by atoms with E-state index in [2.05, 4.69) is 10.6 Å². The molecule has 0 unspecified atom stereocenters. The second kappa shape index (κ2) is 7.17. The number of furan rings is 1. The standard InChI is InChI=1S/C20H16ClN3O3/c21-15-4-1-2-5-16(15)23-20(26)22-14-8-7-13-9-10-24(17(13)12-14)19(25)18-6-3-11-27-18/h1-8,11-12H,9-10H2,(H2,22,23,26). The quantitative estimate of drug-likeness (QED) is 0.685. The van der Waals surface area contributed by atoms with Gasteiger partial charge in [-0.25, -0.2) is 4.79 Å². The molecule has 0 spiro atoms. The van der Waals surface area contributed by atoms with Gasteiger partial charge in [0.05, 0.1) is 17.0 Å². The van der Waals surface area contributed by atoms with Gasteiger partial charge < -0.3 is 20.0 Å². The number of nitrogens with zero attached hydrogens (tertiary/aromatic N) is 1. The first-order valence-corrected chi connectivity index (χ1v) is 8.80. The first kappa shape index (κ1) is 17.2. The molecule has 0 saturated carbocycles. The molecule has 1 aromatic heterocycles. The normalized spacial score (nSPS) is 12.6. The fourth-order valence-electron chi connectivity index (χ4n) is 3.05. The first-order valence-electron chi connectivity index (χ1n) is 8.42. The van der Waals surface area contributed by atoms with Crippen LogP contribution in [0.5, 0.6) is 0 Å². The molecule has 1 aliphatic rings. The largest absolute Gasteiger partial charge is 0.459 e. The van der Waals surface area contributed by atoms with Gasteiger partial charge in [0.15, 0.2) is 5.76 Å². The summed E-state index contributed by atoms with van der Waals surface area (Å²) in [4.78, 5) is 26.5. The van der Waals surface area contributed by atoms with Gasteiger partial charge in [0, 0.05) is 17.9 Å². The third-order valence-corrected chi connectivity index (χ3v) is 4.67. The van der Waals surface area contributed by atoms with Gasteiger partial charge >= 0.3 is 6.03 Å². The monoisotopic (exact) mass is 381 g/mol. The van der Waals surface area contributed by atoms with Crippen molar-refractivity contribution < 1.29 is 14.0 Å². The second-order valence-electron chi connectivity index (χ2n) is 6.09. The van der Waals surface area contributed by atoms with Crippen molar-refractivity contribution in [3.8, 4) is 0 Å². The Morgan fingerprint density at radius 1 is 1.04 bits per heavy atom. The first-order chi connectivity index (χ1) is 13.1. The highest BCUT2D eigenvalue weighted by molar-refractivity contribution is 6.33. The summed E-state index contributed by atoms with van der Waals surface area (Å²) in [6, 6.07) is 15.4. The molecule has 27 heavy (non-hydrogen) atoms. The number of carbonyl (C=O) groups is 2. The highest BCUT2D eigenvalue weighted by atomic mass is 35.5. The Balaban J connectivity index is 1.51. The van der Waals surface area contributed by atoms with Crippen LogP contribution < -0.4 is 15.5 Å². The predicted octanol–water partition coefficient (Wildman–Crippen LogP) is 4.78. The molecule has 136 valence electrons. The number of halogens is 1. The van der Waals surface area contributed by atoms with Crippen LogP contribution in [-0.4, -0.2) is 18.5 Å². The van der Waals surface area contributed by atoms with Crippen LogP contribution in [0.25, 0.3) is 0 Å². The van der Waals surface area contributed by atoms with Gasteiger partial charge in [-0.05, 0) is 48.4 Å². The molecule has 0 fully saturated rings. The van der Waals surface area contributed by atoms with E-state index in [9.17, 15) is 9.59 Å². The highest BCUT2D eigenvalue weighted by Crippen LogP contribution is 2.32. The number of hydrogen-bond donors (Lipinski definition) is 2. The number of fused-ring (bicyclic) bond motifs is 1. The molecule has 3 aromatic rings. The van der Waals surface area contributed by atoms with Gasteiger partial charge in [-0.2, -0.15) is 0 Å². The van der Waals surface area contributed by atoms with Crippen molar-refractivity contribution in [1.29, 1.82) is 0 Å². The summed E-state index contributed by atoms with van der Waals surface area (Å²) in [5, 5.41) is 5.93. The summed E-state index contributed by atoms with van der Waals surface area (Å²) >= 11 is 6.06. The Bertz CT molecular complexity index is 1000. The number of rotatable bonds is 3. The summed E-state index contributed by atoms with van der Waals surface area (Å²) in [6.45, 7) is 0.574. The minimum Gasteiger partial charge on any atom is -0.459 e. The van der Waals surface area contributed by atoms with E-state index in [1.165, 1.54) is 6.26 Å². The summed E-state index contributed by atoms with van der Waals surface area (Å²) in [6.07, 6.45) is 2.23. The lowest BCUT2D eigenvalue weighted by Gasteiger charge is -2.17. The Morgan fingerprint density at radius 2 is 1.89 bits per heavy atom. The van der Waals surface area contributed by atoms with Crippen molar-refractivity contribution in [3.05, 3.63) is 77.2 Å². The van der Waals surface area contributed by atoms with Gasteiger partial charge in [0.1, 0.15) is 0 Å². The van der Waals surface area contributed by atoms with Crippen molar-refractivity contribution in [2.75, 3.05) is 22.1 Å². The molecule has 1 aliphatic heterocycles. The molecular weight excluding hydrogens is 366 g/mol. The van der Waals surface area contributed by atoms with Crippen molar-refractivity contribution in [2.45, 2.75) is 6.42 Å². The maximum absolute atomic E-state index is 12.6. The van der Waals surface area contributed by atoms with Crippen molar-refractivity contribution >= 4 is 40.6 Å². The fourth-order valence-corrected chi connectivity index (χ4v) is 3.23. The van der Waals surface area contributed by atoms with Crippen molar-refractivity contribution in [2.24, 2.45) is 0 Å². The van der Waals surface area contributed by atoms with E-state index in [-0.39, 0.29) is 11.7 Å². The summed E-state index contributed by atoms with van der Waals surface area (Å²) in [7, 11) is 0. The van der Waals surface area contributed by atoms with E-state index >= 15 is 0 Å². The molecule has 0 atom stereocenters. The SMILES string of the molecule is O=C(Nc1ccc2c(c1)N(C(=O)c1ccco1)CC2)Nc1ccccc1Cl. The number of nitrogens with one attached hydrogen (secondary N) is 2. The van der Waals surface area contributed by atoms with E-state index in [0.29, 0.717) is 22.9 Å². The van der Waals surface area contributed by atoms with E-state index in [0.717, 1.165) is 17.7 Å². The molecule has 0 radical (unpaired) electrons. The van der Waals surface area contributed by atoms with Gasteiger partial charge in [-0.3, -0.25) is 4.79 Å². The van der Waals surface area contributed by atoms with Crippen LogP contribution in [0.3, 0.4) is 0 Å². The zero-order chi connectivity index (χ0) is 18.8. The maximum atomic E-state index is 12.6. The van der Waals surface area contributed by atoms with Crippen LogP contribution >= 0.6 is 11.6 Å². The van der Waals surface area contributed by atoms with E-state index in [4.69, 9.17) is 16.0 Å². The predicted molar refractivity (Wildman–Crippen MR) is 105 cm³/mol. The average molecular weight is 382 g/mol. The van der Waals surface area contributed by atoms with Crippen molar-refractivity contribution in [3.63, 3.8) is 0 Å². The van der Waals surface area contributed by atoms with Gasteiger partial charge in [-0.1, -0.05) is 29.8 Å². The van der Waals surface area contributed by atoms with Crippen LogP contribution in [0, 0.1) is 0 Å². The number of benzene rings is 2. The number of urea groups is 1. The van der Waals surface area contributed by atoms with E-state index in [1.54, 1.807) is 47.4 Å². The van der Waals surface area contributed by atoms with Crippen molar-refractivity contribution in [1.82, 2.24) is 0 Å². The maximum Gasteiger partial charge on any atom is 0.323 e. The zero-order valence-electron chi connectivity index (χ0n) is 14.2. The zero-order valence-corrected chi connectivity index (χ0v) is 15.0. The lowest BCUT2D eigenvalue weighted by molar-refractivity contribution is 0.0963. The number of carbonyl (C=O) groups excluding carboxylic acids is 2. The average Bonchev–Trinajstić information content (AvgIpc) is 3.32. The number of para-hydroxylation sites is 1. The molecule has 3 amide bonds. The van der Waals surface area contributed by atoms with Gasteiger partial charge in [-0.15, -0.1) is 0 Å². The smallest absolute Gasteiger partial charge is 0.323 e. The Kier molecular flexibility index (Phi) is 4.56. The molecule has 0 saturated heterocycles. The Morgan fingerprint density at radius 3 is 2.67 bits per heavy atom. The lowest BCUT2D eigenvalue weighted by Crippen LogP contribution is -2.28. The summed E-state index contributed by atoms with van der Waals surface area (Å²) in [5.41, 5.74) is 2.92. The van der Waals surface area contributed by atoms with Gasteiger partial charge in [0.2, 0.25) is 0 Å². The molecule has 2 N–H and O–H groups in total. The third-order valence-electron chi connectivity index (χ3n) is 4.34. The topological polar surface area (TPSA) is 74.6 Å². The third kappa shape index (κ3) is 3.52. The minimum atomic E-state index is -0.412. The molecule has 2 aromatic carbocycles. The summed E-state index contributed by atoms with van der Waals surface area (Å²) < 4.78 is 5.21. The lowest BCUT2D eigenvalue weighted by atomic mass is 10.1. The molecule has 0 aliphatic carbocycles. The number of anilines is 3. The van der Waals surface area contributed by atoms with Crippen LogP contribution in [0.2, 0.25) is 5.02 Å². The second-order valence-corrected chi connectivity index (χ2v) is 6.49.